The lowest BCUT2D eigenvalue weighted by Crippen LogP contribution is -1.98. The van der Waals surface area contributed by atoms with Crippen LogP contribution in [0.3, 0.4) is 0 Å². The first-order chi connectivity index (χ1) is 8.34. The highest BCUT2D eigenvalue weighted by Gasteiger charge is 1.98. The second-order valence-electron chi connectivity index (χ2n) is 4.13. The van der Waals surface area contributed by atoms with Gasteiger partial charge in [0.15, 0.2) is 0 Å². The predicted octanol–water partition coefficient (Wildman–Crippen LogP) is 2.78. The van der Waals surface area contributed by atoms with Gasteiger partial charge in [0.25, 0.3) is 0 Å². The van der Waals surface area contributed by atoms with Gasteiger partial charge < -0.3 is 5.11 Å². The van der Waals surface area contributed by atoms with Gasteiger partial charge in [-0.2, -0.15) is 0 Å². The Kier molecular flexibility index (Phi) is 4.13. The molecule has 1 aliphatic rings. The number of nitrogens with zero attached hydrogens (tertiary/aromatic N) is 3. The number of rotatable bonds is 5. The first kappa shape index (κ1) is 11.6. The number of aliphatic hydroxyl groups excluding tert-OH is 1. The van der Waals surface area contributed by atoms with Crippen molar-refractivity contribution in [2.45, 2.75) is 32.2 Å². The monoisotopic (exact) mass is 231 g/mol. The Labute approximate surface area is 101 Å². The van der Waals surface area contributed by atoms with Crippen molar-refractivity contribution in [2.75, 3.05) is 0 Å². The Hall–Kier alpha value is -1.84. The molecule has 17 heavy (non-hydrogen) atoms. The third-order valence-electron chi connectivity index (χ3n) is 2.72. The average molecular weight is 231 g/mol. The van der Waals surface area contributed by atoms with Gasteiger partial charge in [0.2, 0.25) is 0 Å². The lowest BCUT2D eigenvalue weighted by atomic mass is 10.1. The number of aryl methyl sites for hydroxylation is 1. The minimum absolute atomic E-state index is 0.430. The zero-order chi connectivity index (χ0) is 11.9. The topological polar surface area (TPSA) is 50.9 Å². The minimum atomic E-state index is 0.430. The molecule has 2 rings (SSSR count). The predicted molar refractivity (Wildman–Crippen MR) is 66.4 cm³/mol. The molecule has 1 N–H and O–H groups in total. The molecule has 0 fully saturated rings. The second kappa shape index (κ2) is 6.03. The van der Waals surface area contributed by atoms with E-state index in [4.69, 9.17) is 0 Å². The number of aromatic nitrogens is 3. The summed E-state index contributed by atoms with van der Waals surface area (Å²) >= 11 is 0. The molecule has 0 unspecified atom stereocenters. The molecule has 90 valence electrons. The summed E-state index contributed by atoms with van der Waals surface area (Å²) in [6.45, 7) is 0.915. The summed E-state index contributed by atoms with van der Waals surface area (Å²) in [6.07, 6.45) is 15.3. The quantitative estimate of drug-likeness (QED) is 0.793. The molecule has 0 amide bonds. The summed E-state index contributed by atoms with van der Waals surface area (Å²) in [4.78, 5) is 0. The SMILES string of the molecule is OC1=CC=C(CCCCn2ccnn2)C=CC1. The fourth-order valence-corrected chi connectivity index (χ4v) is 1.78. The van der Waals surface area contributed by atoms with Gasteiger partial charge in [-0.1, -0.05) is 23.4 Å². The van der Waals surface area contributed by atoms with Crippen LogP contribution in [-0.4, -0.2) is 20.1 Å². The van der Waals surface area contributed by atoms with Crippen LogP contribution in [0, 0.1) is 0 Å². The highest BCUT2D eigenvalue weighted by molar-refractivity contribution is 5.28. The van der Waals surface area contributed by atoms with Gasteiger partial charge in [0.05, 0.1) is 12.0 Å². The zero-order valence-corrected chi connectivity index (χ0v) is 9.79. The first-order valence-corrected chi connectivity index (χ1v) is 5.94. The van der Waals surface area contributed by atoms with Crippen molar-refractivity contribution in [1.82, 2.24) is 15.0 Å². The van der Waals surface area contributed by atoms with Crippen LogP contribution in [0.4, 0.5) is 0 Å². The molecule has 1 aliphatic carbocycles. The molecule has 1 aromatic heterocycles. The van der Waals surface area contributed by atoms with Crippen LogP contribution in [0.1, 0.15) is 25.7 Å². The van der Waals surface area contributed by atoms with E-state index < -0.39 is 0 Å². The van der Waals surface area contributed by atoms with Crippen molar-refractivity contribution < 1.29 is 5.11 Å². The van der Waals surface area contributed by atoms with Crippen LogP contribution in [0.25, 0.3) is 0 Å². The lowest BCUT2D eigenvalue weighted by Gasteiger charge is -2.01. The summed E-state index contributed by atoms with van der Waals surface area (Å²) in [5.74, 6) is 0.430. The molecule has 0 saturated carbocycles. The van der Waals surface area contributed by atoms with Crippen molar-refractivity contribution in [1.29, 1.82) is 0 Å². The molecule has 0 bridgehead atoms. The standard InChI is InChI=1S/C13H17N3O/c17-13-6-3-5-12(7-8-13)4-1-2-10-16-11-9-14-15-16/h3,5,7-9,11,17H,1-2,4,6,10H2. The maximum Gasteiger partial charge on any atom is 0.0960 e. The number of allylic oxidation sites excluding steroid dienone is 5. The third-order valence-corrected chi connectivity index (χ3v) is 2.72. The van der Waals surface area contributed by atoms with Crippen molar-refractivity contribution in [3.63, 3.8) is 0 Å². The fourth-order valence-electron chi connectivity index (χ4n) is 1.78. The molecule has 0 aromatic carbocycles. The maximum atomic E-state index is 9.35. The van der Waals surface area contributed by atoms with E-state index in [-0.39, 0.29) is 0 Å². The molecule has 0 radical (unpaired) electrons. The smallest absolute Gasteiger partial charge is 0.0960 e. The average Bonchev–Trinajstić information content (AvgIpc) is 2.75. The van der Waals surface area contributed by atoms with Crippen LogP contribution in [0.5, 0.6) is 0 Å². The van der Waals surface area contributed by atoms with Crippen LogP contribution in [0.15, 0.2) is 48.0 Å². The molecule has 1 aromatic rings. The van der Waals surface area contributed by atoms with E-state index >= 15 is 0 Å². The summed E-state index contributed by atoms with van der Waals surface area (Å²) in [6, 6.07) is 0. The summed E-state index contributed by atoms with van der Waals surface area (Å²) in [5.41, 5.74) is 1.27. The molecule has 4 nitrogen and oxygen atoms in total. The van der Waals surface area contributed by atoms with E-state index in [1.54, 1.807) is 12.3 Å². The van der Waals surface area contributed by atoms with Crippen molar-refractivity contribution >= 4 is 0 Å². The van der Waals surface area contributed by atoms with Gasteiger partial charge in [0.1, 0.15) is 0 Å². The van der Waals surface area contributed by atoms with E-state index in [1.807, 2.05) is 23.0 Å². The van der Waals surface area contributed by atoms with Gasteiger partial charge >= 0.3 is 0 Å². The minimum Gasteiger partial charge on any atom is -0.512 e. The van der Waals surface area contributed by atoms with E-state index in [9.17, 15) is 5.11 Å². The van der Waals surface area contributed by atoms with Crippen LogP contribution < -0.4 is 0 Å². The van der Waals surface area contributed by atoms with E-state index in [2.05, 4.69) is 16.4 Å². The maximum absolute atomic E-state index is 9.35. The first-order valence-electron chi connectivity index (χ1n) is 5.94. The highest BCUT2D eigenvalue weighted by atomic mass is 16.3. The Balaban J connectivity index is 1.72. The molecule has 0 spiro atoms. The Morgan fingerprint density at radius 3 is 3.06 bits per heavy atom. The molecule has 4 heteroatoms. The highest BCUT2D eigenvalue weighted by Crippen LogP contribution is 2.14. The summed E-state index contributed by atoms with van der Waals surface area (Å²) < 4.78 is 1.85. The van der Waals surface area contributed by atoms with Gasteiger partial charge in [-0.05, 0) is 30.9 Å². The van der Waals surface area contributed by atoms with Crippen LogP contribution in [-0.2, 0) is 6.54 Å². The molecular weight excluding hydrogens is 214 g/mol. The van der Waals surface area contributed by atoms with Gasteiger partial charge in [-0.15, -0.1) is 5.10 Å². The molecule has 0 aliphatic heterocycles. The second-order valence-corrected chi connectivity index (χ2v) is 4.13. The summed E-state index contributed by atoms with van der Waals surface area (Å²) in [5, 5.41) is 17.0. The Bertz CT molecular complexity index is 430. The van der Waals surface area contributed by atoms with E-state index in [0.29, 0.717) is 12.2 Å². The van der Waals surface area contributed by atoms with Crippen molar-refractivity contribution in [3.8, 4) is 0 Å². The van der Waals surface area contributed by atoms with Crippen LogP contribution >= 0.6 is 0 Å². The molecule has 0 saturated heterocycles. The molecule has 1 heterocycles. The van der Waals surface area contributed by atoms with Gasteiger partial charge in [-0.3, -0.25) is 4.68 Å². The number of hydrogen-bond acceptors (Lipinski definition) is 3. The normalized spacial score (nSPS) is 15.3. The number of aliphatic hydroxyl groups is 1. The van der Waals surface area contributed by atoms with Crippen molar-refractivity contribution in [2.24, 2.45) is 0 Å². The number of hydrogen-bond donors (Lipinski definition) is 1. The molecule has 0 atom stereocenters. The van der Waals surface area contributed by atoms with E-state index in [1.165, 1.54) is 5.57 Å². The van der Waals surface area contributed by atoms with Crippen LogP contribution in [0.2, 0.25) is 0 Å². The summed E-state index contributed by atoms with van der Waals surface area (Å²) in [7, 11) is 0. The fraction of sp³-hybridized carbons (Fsp3) is 0.385. The van der Waals surface area contributed by atoms with Gasteiger partial charge in [-0.25, -0.2) is 0 Å². The number of unbranched alkanes of at least 4 members (excludes halogenated alkanes) is 1. The van der Waals surface area contributed by atoms with Gasteiger partial charge in [0, 0.05) is 19.2 Å². The Morgan fingerprint density at radius 2 is 2.24 bits per heavy atom. The third kappa shape index (κ3) is 3.90. The lowest BCUT2D eigenvalue weighted by molar-refractivity contribution is 0.402. The van der Waals surface area contributed by atoms with E-state index in [0.717, 1.165) is 25.8 Å². The van der Waals surface area contributed by atoms with Crippen molar-refractivity contribution in [3.05, 3.63) is 48.0 Å². The largest absolute Gasteiger partial charge is 0.512 e. The molecular formula is C13H17N3O. The Morgan fingerprint density at radius 1 is 1.29 bits per heavy atom. The zero-order valence-electron chi connectivity index (χ0n) is 9.79.